The molecular formula is C18H21BrN2O2. The maximum atomic E-state index is 12.6. The van der Waals surface area contributed by atoms with E-state index in [-0.39, 0.29) is 17.7 Å². The molecule has 4 saturated carbocycles. The van der Waals surface area contributed by atoms with Gasteiger partial charge in [-0.2, -0.15) is 0 Å². The molecule has 2 N–H and O–H groups in total. The first-order chi connectivity index (χ1) is 11.1. The molecule has 5 heteroatoms. The van der Waals surface area contributed by atoms with Crippen molar-refractivity contribution < 1.29 is 9.59 Å². The fraction of sp³-hybridized carbons (Fsp3) is 0.556. The Labute approximate surface area is 144 Å². The zero-order chi connectivity index (χ0) is 16.0. The topological polar surface area (TPSA) is 58.2 Å². The minimum absolute atomic E-state index is 0.00199. The van der Waals surface area contributed by atoms with E-state index in [0.29, 0.717) is 17.4 Å². The molecule has 0 radical (unpaired) electrons. The van der Waals surface area contributed by atoms with Crippen LogP contribution in [0.5, 0.6) is 0 Å². The van der Waals surface area contributed by atoms with E-state index in [9.17, 15) is 9.59 Å². The Kier molecular flexibility index (Phi) is 3.92. The summed E-state index contributed by atoms with van der Waals surface area (Å²) in [6.07, 6.45) is 6.17. The molecule has 0 aromatic heterocycles. The third-order valence-electron chi connectivity index (χ3n) is 5.92. The van der Waals surface area contributed by atoms with E-state index in [1.807, 2.05) is 6.07 Å². The summed E-state index contributed by atoms with van der Waals surface area (Å²) in [4.78, 5) is 24.7. The standard InChI is InChI=1S/C18H21BrN2O2/c19-15-3-1-2-12(9-15)17(22)20-21-18(23)16-13-5-10-4-11(7-13)8-14(16)6-10/h1-3,9-11,13-14,16H,4-8H2,(H,20,22)(H,21,23). The highest BCUT2D eigenvalue weighted by Crippen LogP contribution is 2.56. The van der Waals surface area contributed by atoms with Crippen LogP contribution in [-0.2, 0) is 4.79 Å². The molecule has 4 aliphatic rings. The molecule has 122 valence electrons. The Balaban J connectivity index is 1.38. The maximum absolute atomic E-state index is 12.6. The lowest BCUT2D eigenvalue weighted by atomic mass is 9.52. The van der Waals surface area contributed by atoms with Gasteiger partial charge >= 0.3 is 0 Å². The van der Waals surface area contributed by atoms with Crippen molar-refractivity contribution in [3.63, 3.8) is 0 Å². The van der Waals surface area contributed by atoms with Crippen LogP contribution in [0.1, 0.15) is 42.5 Å². The van der Waals surface area contributed by atoms with Crippen molar-refractivity contribution in [3.05, 3.63) is 34.3 Å². The number of hydrogen-bond donors (Lipinski definition) is 2. The van der Waals surface area contributed by atoms with E-state index >= 15 is 0 Å². The van der Waals surface area contributed by atoms with Crippen molar-refractivity contribution in [2.45, 2.75) is 32.1 Å². The summed E-state index contributed by atoms with van der Waals surface area (Å²) < 4.78 is 0.845. The zero-order valence-electron chi connectivity index (χ0n) is 12.9. The molecule has 5 rings (SSSR count). The van der Waals surface area contributed by atoms with Crippen LogP contribution in [0.15, 0.2) is 28.7 Å². The highest BCUT2D eigenvalue weighted by molar-refractivity contribution is 9.10. The smallest absolute Gasteiger partial charge is 0.269 e. The summed E-state index contributed by atoms with van der Waals surface area (Å²) >= 11 is 3.35. The van der Waals surface area contributed by atoms with Crippen molar-refractivity contribution in [1.29, 1.82) is 0 Å². The number of benzene rings is 1. The molecule has 0 saturated heterocycles. The Morgan fingerprint density at radius 2 is 1.61 bits per heavy atom. The molecule has 23 heavy (non-hydrogen) atoms. The second kappa shape index (κ2) is 5.93. The summed E-state index contributed by atoms with van der Waals surface area (Å²) in [5.41, 5.74) is 5.78. The van der Waals surface area contributed by atoms with Crippen molar-refractivity contribution in [1.82, 2.24) is 10.9 Å². The molecule has 0 spiro atoms. The van der Waals surface area contributed by atoms with Gasteiger partial charge in [0.25, 0.3) is 5.91 Å². The number of hydrogen-bond acceptors (Lipinski definition) is 2. The van der Waals surface area contributed by atoms with Gasteiger partial charge in [0.05, 0.1) is 0 Å². The highest BCUT2D eigenvalue weighted by Gasteiger charge is 2.50. The molecule has 1 aromatic carbocycles. The lowest BCUT2D eigenvalue weighted by Crippen LogP contribution is -2.54. The van der Waals surface area contributed by atoms with E-state index in [1.165, 1.54) is 32.1 Å². The van der Waals surface area contributed by atoms with Crippen molar-refractivity contribution in [2.24, 2.45) is 29.6 Å². The molecule has 0 aliphatic heterocycles. The lowest BCUT2D eigenvalue weighted by Gasteiger charge is -2.53. The average molecular weight is 377 g/mol. The highest BCUT2D eigenvalue weighted by atomic mass is 79.9. The average Bonchev–Trinajstić information content (AvgIpc) is 2.51. The molecule has 4 nitrogen and oxygen atoms in total. The van der Waals surface area contributed by atoms with Gasteiger partial charge < -0.3 is 0 Å². The Morgan fingerprint density at radius 1 is 0.957 bits per heavy atom. The van der Waals surface area contributed by atoms with Gasteiger partial charge in [-0.15, -0.1) is 0 Å². The molecular weight excluding hydrogens is 356 g/mol. The van der Waals surface area contributed by atoms with Crippen molar-refractivity contribution in [3.8, 4) is 0 Å². The van der Waals surface area contributed by atoms with E-state index < -0.39 is 0 Å². The largest absolute Gasteiger partial charge is 0.273 e. The number of nitrogens with one attached hydrogen (secondary N) is 2. The lowest BCUT2D eigenvalue weighted by molar-refractivity contribution is -0.138. The quantitative estimate of drug-likeness (QED) is 0.778. The van der Waals surface area contributed by atoms with Crippen LogP contribution in [0.4, 0.5) is 0 Å². The first-order valence-corrected chi connectivity index (χ1v) is 9.25. The molecule has 4 bridgehead atoms. The number of carbonyl (C=O) groups excluding carboxylic acids is 2. The number of amides is 2. The first-order valence-electron chi connectivity index (χ1n) is 8.46. The van der Waals surface area contributed by atoms with Gasteiger partial charge in [0, 0.05) is 16.0 Å². The van der Waals surface area contributed by atoms with Gasteiger partial charge in [0.15, 0.2) is 0 Å². The molecule has 2 amide bonds. The minimum Gasteiger partial charge on any atom is -0.273 e. The van der Waals surface area contributed by atoms with Gasteiger partial charge in [0.2, 0.25) is 5.91 Å². The van der Waals surface area contributed by atoms with E-state index in [0.717, 1.165) is 16.3 Å². The summed E-state index contributed by atoms with van der Waals surface area (Å²) in [6, 6.07) is 7.14. The Morgan fingerprint density at radius 3 is 2.22 bits per heavy atom. The van der Waals surface area contributed by atoms with Crippen molar-refractivity contribution >= 4 is 27.7 Å². The van der Waals surface area contributed by atoms with Crippen LogP contribution in [0.3, 0.4) is 0 Å². The Hall–Kier alpha value is -1.36. The van der Waals surface area contributed by atoms with Crippen LogP contribution in [0.2, 0.25) is 0 Å². The van der Waals surface area contributed by atoms with E-state index in [2.05, 4.69) is 26.8 Å². The van der Waals surface area contributed by atoms with Gasteiger partial charge in [0.1, 0.15) is 0 Å². The van der Waals surface area contributed by atoms with Crippen LogP contribution < -0.4 is 10.9 Å². The van der Waals surface area contributed by atoms with Crippen molar-refractivity contribution in [2.75, 3.05) is 0 Å². The summed E-state index contributed by atoms with van der Waals surface area (Å²) in [5.74, 6) is 2.55. The summed E-state index contributed by atoms with van der Waals surface area (Å²) in [7, 11) is 0. The fourth-order valence-corrected chi connectivity index (χ4v) is 5.66. The fourth-order valence-electron chi connectivity index (χ4n) is 5.26. The van der Waals surface area contributed by atoms with E-state index in [1.54, 1.807) is 18.2 Å². The number of rotatable bonds is 2. The number of hydrazine groups is 1. The predicted octanol–water partition coefficient (Wildman–Crippen LogP) is 3.28. The first kappa shape index (κ1) is 15.2. The van der Waals surface area contributed by atoms with Gasteiger partial charge in [-0.05, 0) is 74.0 Å². The SMILES string of the molecule is O=C(NNC(=O)C1C2CC3CC(C2)CC1C3)c1cccc(Br)c1. The summed E-state index contributed by atoms with van der Waals surface area (Å²) in [5, 5.41) is 0. The molecule has 0 heterocycles. The molecule has 4 aliphatic carbocycles. The third-order valence-corrected chi connectivity index (χ3v) is 6.41. The Bertz CT molecular complexity index is 618. The van der Waals surface area contributed by atoms with Gasteiger partial charge in [-0.3, -0.25) is 20.4 Å². The number of halogens is 1. The van der Waals surface area contributed by atoms with Gasteiger partial charge in [-0.25, -0.2) is 0 Å². The van der Waals surface area contributed by atoms with Crippen LogP contribution in [0, 0.1) is 29.6 Å². The zero-order valence-corrected chi connectivity index (χ0v) is 14.5. The van der Waals surface area contributed by atoms with Gasteiger partial charge in [-0.1, -0.05) is 22.0 Å². The molecule has 0 unspecified atom stereocenters. The molecule has 0 atom stereocenters. The van der Waals surface area contributed by atoms with E-state index in [4.69, 9.17) is 0 Å². The monoisotopic (exact) mass is 376 g/mol. The second-order valence-electron chi connectivity index (χ2n) is 7.41. The maximum Gasteiger partial charge on any atom is 0.269 e. The molecule has 4 fully saturated rings. The second-order valence-corrected chi connectivity index (χ2v) is 8.33. The predicted molar refractivity (Wildman–Crippen MR) is 90.3 cm³/mol. The summed E-state index contributed by atoms with van der Waals surface area (Å²) in [6.45, 7) is 0. The third kappa shape index (κ3) is 2.91. The van der Waals surface area contributed by atoms with Crippen LogP contribution in [-0.4, -0.2) is 11.8 Å². The number of carbonyl (C=O) groups is 2. The minimum atomic E-state index is -0.275. The normalized spacial score (nSPS) is 34.2. The van der Waals surface area contributed by atoms with Crippen LogP contribution >= 0.6 is 15.9 Å². The molecule has 1 aromatic rings. The van der Waals surface area contributed by atoms with Crippen LogP contribution in [0.25, 0.3) is 0 Å².